The van der Waals surface area contributed by atoms with Crippen molar-refractivity contribution in [1.29, 1.82) is 0 Å². The van der Waals surface area contributed by atoms with Crippen LogP contribution in [0.25, 0.3) is 0 Å². The molecule has 2 rings (SSSR count). The van der Waals surface area contributed by atoms with Crippen LogP contribution in [0.1, 0.15) is 37.8 Å². The molecule has 1 saturated heterocycles. The molecule has 1 fully saturated rings. The number of benzene rings is 1. The summed E-state index contributed by atoms with van der Waals surface area (Å²) in [6.07, 6.45) is 2.16. The van der Waals surface area contributed by atoms with Gasteiger partial charge in [0, 0.05) is 19.4 Å². The largest absolute Gasteiger partial charge is 0.496 e. The van der Waals surface area contributed by atoms with E-state index in [1.54, 1.807) is 7.11 Å². The molecule has 1 aromatic carbocycles. The number of ether oxygens (including phenoxy) is 2. The van der Waals surface area contributed by atoms with Crippen molar-refractivity contribution in [3.63, 3.8) is 0 Å². The van der Waals surface area contributed by atoms with Gasteiger partial charge < -0.3 is 14.6 Å². The number of aliphatic hydroxyl groups is 1. The van der Waals surface area contributed by atoms with Gasteiger partial charge in [-0.2, -0.15) is 0 Å². The van der Waals surface area contributed by atoms with Crippen molar-refractivity contribution in [2.24, 2.45) is 5.92 Å². The second kappa shape index (κ2) is 6.15. The van der Waals surface area contributed by atoms with Crippen LogP contribution in [0, 0.1) is 12.8 Å². The van der Waals surface area contributed by atoms with Crippen LogP contribution in [0.3, 0.4) is 0 Å². The summed E-state index contributed by atoms with van der Waals surface area (Å²) in [6, 6.07) is 6.12. The average Bonchev–Trinajstić information content (AvgIpc) is 2.38. The van der Waals surface area contributed by atoms with Gasteiger partial charge in [0.15, 0.2) is 0 Å². The highest BCUT2D eigenvalue weighted by Crippen LogP contribution is 2.34. The van der Waals surface area contributed by atoms with Gasteiger partial charge in [-0.25, -0.2) is 0 Å². The first-order chi connectivity index (χ1) is 9.43. The maximum absolute atomic E-state index is 10.9. The zero-order valence-electron chi connectivity index (χ0n) is 13.0. The highest BCUT2D eigenvalue weighted by Gasteiger charge is 2.36. The third-order valence-electron chi connectivity index (χ3n) is 4.18. The Bertz CT molecular complexity index is 456. The van der Waals surface area contributed by atoms with Gasteiger partial charge in [-0.05, 0) is 30.9 Å². The molecule has 112 valence electrons. The van der Waals surface area contributed by atoms with E-state index in [0.29, 0.717) is 31.8 Å². The molecule has 20 heavy (non-hydrogen) atoms. The van der Waals surface area contributed by atoms with E-state index in [0.717, 1.165) is 11.3 Å². The summed E-state index contributed by atoms with van der Waals surface area (Å²) in [5.41, 5.74) is 1.59. The van der Waals surface area contributed by atoms with Crippen molar-refractivity contribution in [2.75, 3.05) is 13.7 Å². The molecule has 0 amide bonds. The van der Waals surface area contributed by atoms with Crippen molar-refractivity contribution < 1.29 is 14.6 Å². The average molecular weight is 278 g/mol. The van der Waals surface area contributed by atoms with Crippen LogP contribution in [-0.4, -0.2) is 30.5 Å². The lowest BCUT2D eigenvalue weighted by Crippen LogP contribution is -2.44. The molecule has 1 aromatic rings. The molecule has 0 aliphatic carbocycles. The van der Waals surface area contributed by atoms with Crippen LogP contribution in [0.15, 0.2) is 18.2 Å². The summed E-state index contributed by atoms with van der Waals surface area (Å²) in [5.74, 6) is 1.29. The number of aryl methyl sites for hydroxylation is 1. The van der Waals surface area contributed by atoms with Crippen LogP contribution in [0.5, 0.6) is 5.75 Å². The molecule has 0 saturated carbocycles. The maximum atomic E-state index is 10.9. The van der Waals surface area contributed by atoms with Gasteiger partial charge in [-0.1, -0.05) is 31.5 Å². The topological polar surface area (TPSA) is 38.7 Å². The monoisotopic (exact) mass is 278 g/mol. The summed E-state index contributed by atoms with van der Waals surface area (Å²) >= 11 is 0. The van der Waals surface area contributed by atoms with E-state index in [2.05, 4.69) is 26.8 Å². The molecule has 0 radical (unpaired) electrons. The molecule has 0 aromatic heterocycles. The maximum Gasteiger partial charge on any atom is 0.122 e. The predicted octanol–water partition coefficient (Wildman–Crippen LogP) is 3.11. The Morgan fingerprint density at radius 3 is 2.85 bits per heavy atom. The number of methoxy groups -OCH3 is 1. The summed E-state index contributed by atoms with van der Waals surface area (Å²) in [5, 5.41) is 10.9. The van der Waals surface area contributed by atoms with Gasteiger partial charge in [0.25, 0.3) is 0 Å². The molecule has 2 atom stereocenters. The molecular weight excluding hydrogens is 252 g/mol. The van der Waals surface area contributed by atoms with Gasteiger partial charge in [-0.3, -0.25) is 0 Å². The van der Waals surface area contributed by atoms with Crippen molar-refractivity contribution in [2.45, 2.75) is 51.7 Å². The van der Waals surface area contributed by atoms with Crippen LogP contribution in [-0.2, 0) is 11.2 Å². The second-order valence-electron chi connectivity index (χ2n) is 6.32. The van der Waals surface area contributed by atoms with E-state index in [4.69, 9.17) is 9.47 Å². The normalized spacial score (nSPS) is 26.8. The third-order valence-corrected chi connectivity index (χ3v) is 4.18. The number of hydrogen-bond donors (Lipinski definition) is 1. The summed E-state index contributed by atoms with van der Waals surface area (Å²) < 4.78 is 11.2. The lowest BCUT2D eigenvalue weighted by molar-refractivity contribution is -0.116. The van der Waals surface area contributed by atoms with Crippen LogP contribution in [0.2, 0.25) is 0 Å². The van der Waals surface area contributed by atoms with Crippen molar-refractivity contribution in [3.8, 4) is 5.75 Å². The Hall–Kier alpha value is -1.06. The molecule has 1 heterocycles. The molecule has 1 aliphatic heterocycles. The molecule has 0 bridgehead atoms. The SMILES string of the molecule is COc1ccc(C)cc1CC1(O)CCOC(C(C)C)C1. The number of rotatable bonds is 4. The summed E-state index contributed by atoms with van der Waals surface area (Å²) in [7, 11) is 1.68. The summed E-state index contributed by atoms with van der Waals surface area (Å²) in [6.45, 7) is 6.98. The minimum atomic E-state index is -0.686. The molecule has 1 N–H and O–H groups in total. The highest BCUT2D eigenvalue weighted by molar-refractivity contribution is 5.38. The minimum Gasteiger partial charge on any atom is -0.496 e. The number of hydrogen-bond acceptors (Lipinski definition) is 3. The van der Waals surface area contributed by atoms with Gasteiger partial charge in [0.2, 0.25) is 0 Å². The first-order valence-corrected chi connectivity index (χ1v) is 7.41. The van der Waals surface area contributed by atoms with Crippen molar-refractivity contribution in [1.82, 2.24) is 0 Å². The Morgan fingerprint density at radius 1 is 1.45 bits per heavy atom. The van der Waals surface area contributed by atoms with E-state index in [1.807, 2.05) is 12.1 Å². The van der Waals surface area contributed by atoms with Crippen molar-refractivity contribution >= 4 is 0 Å². The fourth-order valence-corrected chi connectivity index (χ4v) is 2.92. The van der Waals surface area contributed by atoms with E-state index < -0.39 is 5.60 Å². The van der Waals surface area contributed by atoms with Crippen LogP contribution in [0.4, 0.5) is 0 Å². The zero-order valence-corrected chi connectivity index (χ0v) is 13.0. The van der Waals surface area contributed by atoms with Gasteiger partial charge >= 0.3 is 0 Å². The van der Waals surface area contributed by atoms with E-state index in [9.17, 15) is 5.11 Å². The molecule has 1 aliphatic rings. The Labute approximate surface area is 121 Å². The Balaban J connectivity index is 2.17. The fraction of sp³-hybridized carbons (Fsp3) is 0.647. The Kier molecular flexibility index (Phi) is 4.71. The van der Waals surface area contributed by atoms with Gasteiger partial charge in [-0.15, -0.1) is 0 Å². The van der Waals surface area contributed by atoms with Gasteiger partial charge in [0.05, 0.1) is 18.8 Å². The standard InChI is InChI=1S/C17H26O3/c1-12(2)16-11-17(18,7-8-20-16)10-14-9-13(3)5-6-15(14)19-4/h5-6,9,12,16,18H,7-8,10-11H2,1-4H3. The highest BCUT2D eigenvalue weighted by atomic mass is 16.5. The quantitative estimate of drug-likeness (QED) is 0.919. The van der Waals surface area contributed by atoms with E-state index in [-0.39, 0.29) is 6.10 Å². The molecule has 0 spiro atoms. The molecule has 2 unspecified atom stereocenters. The lowest BCUT2D eigenvalue weighted by atomic mass is 9.81. The van der Waals surface area contributed by atoms with E-state index in [1.165, 1.54) is 5.56 Å². The third kappa shape index (κ3) is 3.53. The molecule has 3 nitrogen and oxygen atoms in total. The zero-order chi connectivity index (χ0) is 14.8. The van der Waals surface area contributed by atoms with Crippen LogP contribution >= 0.6 is 0 Å². The predicted molar refractivity (Wildman–Crippen MR) is 80.2 cm³/mol. The second-order valence-corrected chi connectivity index (χ2v) is 6.32. The minimum absolute atomic E-state index is 0.143. The molecule has 3 heteroatoms. The Morgan fingerprint density at radius 2 is 2.20 bits per heavy atom. The smallest absolute Gasteiger partial charge is 0.122 e. The molecular formula is C17H26O3. The van der Waals surface area contributed by atoms with E-state index >= 15 is 0 Å². The van der Waals surface area contributed by atoms with Gasteiger partial charge in [0.1, 0.15) is 5.75 Å². The summed E-state index contributed by atoms with van der Waals surface area (Å²) in [4.78, 5) is 0. The first-order valence-electron chi connectivity index (χ1n) is 7.41. The first kappa shape index (κ1) is 15.3. The van der Waals surface area contributed by atoms with Crippen molar-refractivity contribution in [3.05, 3.63) is 29.3 Å². The fourth-order valence-electron chi connectivity index (χ4n) is 2.92. The van der Waals surface area contributed by atoms with Crippen LogP contribution < -0.4 is 4.74 Å². The lowest BCUT2D eigenvalue weighted by Gasteiger charge is -2.39.